The molecule has 0 radical (unpaired) electrons. The van der Waals surface area contributed by atoms with Crippen molar-refractivity contribution in [1.82, 2.24) is 15.4 Å². The van der Waals surface area contributed by atoms with Gasteiger partial charge in [-0.3, -0.25) is 10.4 Å². The summed E-state index contributed by atoms with van der Waals surface area (Å²) in [4.78, 5) is 8.68. The Hall–Kier alpha value is -2.30. The zero-order valence-corrected chi connectivity index (χ0v) is 11.3. The minimum atomic E-state index is 0.684. The van der Waals surface area contributed by atoms with E-state index >= 15 is 0 Å². The highest BCUT2D eigenvalue weighted by atomic mass is 16.3. The quantitative estimate of drug-likeness (QED) is 0.894. The summed E-state index contributed by atoms with van der Waals surface area (Å²) >= 11 is 0. The van der Waals surface area contributed by atoms with Crippen LogP contribution in [0.25, 0.3) is 5.70 Å². The Labute approximate surface area is 111 Å². The molecule has 19 heavy (non-hydrogen) atoms. The smallest absolute Gasteiger partial charge is 0.244 e. The molecule has 2 aromatic rings. The second-order valence-electron chi connectivity index (χ2n) is 4.67. The number of anilines is 1. The van der Waals surface area contributed by atoms with Crippen molar-refractivity contribution in [3.05, 3.63) is 47.2 Å². The molecule has 0 atom stereocenters. The van der Waals surface area contributed by atoms with Crippen molar-refractivity contribution in [3.8, 4) is 0 Å². The zero-order chi connectivity index (χ0) is 13.4. The number of nitrogens with zero attached hydrogens (tertiary/aromatic N) is 3. The maximum absolute atomic E-state index is 5.56. The van der Waals surface area contributed by atoms with Crippen LogP contribution in [0.1, 0.15) is 22.8 Å². The van der Waals surface area contributed by atoms with Crippen LogP contribution in [0.3, 0.4) is 0 Å². The third-order valence-corrected chi connectivity index (χ3v) is 3.09. The molecule has 0 unspecified atom stereocenters. The molecule has 3 rings (SSSR count). The van der Waals surface area contributed by atoms with Gasteiger partial charge >= 0.3 is 0 Å². The summed E-state index contributed by atoms with van der Waals surface area (Å²) in [7, 11) is 0. The van der Waals surface area contributed by atoms with Gasteiger partial charge in [0.2, 0.25) is 5.95 Å². The first-order chi connectivity index (χ1) is 9.13. The number of hydrogen-bond acceptors (Lipinski definition) is 5. The summed E-state index contributed by atoms with van der Waals surface area (Å²) in [5.74, 6) is 2.52. The van der Waals surface area contributed by atoms with Crippen LogP contribution >= 0.6 is 0 Å². The minimum Gasteiger partial charge on any atom is -0.466 e. The summed E-state index contributed by atoms with van der Waals surface area (Å²) in [5, 5.41) is 1.92. The van der Waals surface area contributed by atoms with E-state index in [1.165, 1.54) is 0 Å². The summed E-state index contributed by atoms with van der Waals surface area (Å²) in [6.07, 6.45) is 3.88. The largest absolute Gasteiger partial charge is 0.466 e. The lowest BCUT2D eigenvalue weighted by Crippen LogP contribution is -2.33. The van der Waals surface area contributed by atoms with Crippen molar-refractivity contribution in [3.63, 3.8) is 0 Å². The van der Waals surface area contributed by atoms with E-state index in [4.69, 9.17) is 4.42 Å². The Bertz CT molecular complexity index is 645. The van der Waals surface area contributed by atoms with Crippen LogP contribution < -0.4 is 10.4 Å². The molecule has 3 heterocycles. The van der Waals surface area contributed by atoms with Crippen LogP contribution in [0.4, 0.5) is 5.95 Å². The van der Waals surface area contributed by atoms with Gasteiger partial charge in [0.15, 0.2) is 0 Å². The maximum atomic E-state index is 5.56. The van der Waals surface area contributed by atoms with Gasteiger partial charge < -0.3 is 4.42 Å². The fraction of sp³-hybridized carbons (Fsp3) is 0.286. The molecule has 0 aromatic carbocycles. The Morgan fingerprint density at radius 1 is 1.32 bits per heavy atom. The molecule has 2 aromatic heterocycles. The van der Waals surface area contributed by atoms with Crippen LogP contribution in [0, 0.1) is 20.8 Å². The molecule has 5 nitrogen and oxygen atoms in total. The van der Waals surface area contributed by atoms with E-state index in [-0.39, 0.29) is 0 Å². The van der Waals surface area contributed by atoms with Gasteiger partial charge in [-0.2, -0.15) is 0 Å². The minimum absolute atomic E-state index is 0.684. The first-order valence-corrected chi connectivity index (χ1v) is 6.25. The third kappa shape index (κ3) is 2.19. The van der Waals surface area contributed by atoms with Crippen LogP contribution in [-0.4, -0.2) is 16.5 Å². The van der Waals surface area contributed by atoms with Crippen LogP contribution in [0.15, 0.2) is 28.8 Å². The van der Waals surface area contributed by atoms with E-state index in [2.05, 4.69) is 21.5 Å². The zero-order valence-electron chi connectivity index (χ0n) is 11.3. The molecule has 98 valence electrons. The monoisotopic (exact) mass is 256 g/mol. The first-order valence-electron chi connectivity index (χ1n) is 6.25. The van der Waals surface area contributed by atoms with E-state index in [0.29, 0.717) is 5.95 Å². The number of furan rings is 1. The van der Waals surface area contributed by atoms with Gasteiger partial charge in [-0.25, -0.2) is 9.97 Å². The van der Waals surface area contributed by atoms with Crippen LogP contribution in [0.5, 0.6) is 0 Å². The Morgan fingerprint density at radius 2 is 2.16 bits per heavy atom. The van der Waals surface area contributed by atoms with Crippen molar-refractivity contribution >= 4 is 11.6 Å². The summed E-state index contributed by atoms with van der Waals surface area (Å²) < 4.78 is 5.56. The molecule has 1 aliphatic rings. The number of aryl methyl sites for hydroxylation is 3. The number of aromatic nitrogens is 2. The molecule has 0 spiro atoms. The van der Waals surface area contributed by atoms with Gasteiger partial charge in [0.05, 0.1) is 12.2 Å². The fourth-order valence-electron chi connectivity index (χ4n) is 2.19. The predicted octanol–water partition coefficient (Wildman–Crippen LogP) is 2.36. The summed E-state index contributed by atoms with van der Waals surface area (Å²) in [6.45, 7) is 6.62. The van der Waals surface area contributed by atoms with Crippen molar-refractivity contribution in [2.24, 2.45) is 0 Å². The second-order valence-corrected chi connectivity index (χ2v) is 4.67. The molecule has 1 N–H and O–H groups in total. The predicted molar refractivity (Wildman–Crippen MR) is 73.4 cm³/mol. The van der Waals surface area contributed by atoms with E-state index in [0.717, 1.165) is 35.0 Å². The molecule has 0 saturated heterocycles. The lowest BCUT2D eigenvalue weighted by molar-refractivity contribution is 0.503. The standard InChI is InChI=1S/C14H16N4O/c1-9-4-6-15-14(16-9)18-7-5-13(17-18)12-8-10(2)19-11(12)3/h4-6,8,17H,7H2,1-3H3. The molecule has 0 saturated carbocycles. The molecule has 0 bridgehead atoms. The lowest BCUT2D eigenvalue weighted by Gasteiger charge is -2.18. The number of nitrogens with one attached hydrogen (secondary N) is 1. The van der Waals surface area contributed by atoms with Gasteiger partial charge in [0, 0.05) is 17.5 Å². The molecule has 5 heteroatoms. The summed E-state index contributed by atoms with van der Waals surface area (Å²) in [5.41, 5.74) is 6.40. The van der Waals surface area contributed by atoms with E-state index in [1.54, 1.807) is 6.20 Å². The highest BCUT2D eigenvalue weighted by molar-refractivity contribution is 5.70. The molecule has 0 amide bonds. The van der Waals surface area contributed by atoms with Crippen molar-refractivity contribution in [2.45, 2.75) is 20.8 Å². The Kier molecular flexibility index (Phi) is 2.74. The van der Waals surface area contributed by atoms with Gasteiger partial charge in [-0.15, -0.1) is 0 Å². The van der Waals surface area contributed by atoms with Crippen molar-refractivity contribution < 1.29 is 4.42 Å². The SMILES string of the molecule is Cc1ccnc(N2CC=C(c3cc(C)oc3C)N2)n1. The highest BCUT2D eigenvalue weighted by Crippen LogP contribution is 2.24. The first kappa shape index (κ1) is 11.8. The van der Waals surface area contributed by atoms with Gasteiger partial charge in [0.25, 0.3) is 0 Å². The average Bonchev–Trinajstić information content (AvgIpc) is 2.96. The highest BCUT2D eigenvalue weighted by Gasteiger charge is 2.20. The van der Waals surface area contributed by atoms with Gasteiger partial charge in [0.1, 0.15) is 11.5 Å². The number of rotatable bonds is 2. The van der Waals surface area contributed by atoms with Crippen molar-refractivity contribution in [1.29, 1.82) is 0 Å². The fourth-order valence-corrected chi connectivity index (χ4v) is 2.19. The molecule has 1 aliphatic heterocycles. The van der Waals surface area contributed by atoms with E-state index < -0.39 is 0 Å². The van der Waals surface area contributed by atoms with Crippen LogP contribution in [-0.2, 0) is 0 Å². The van der Waals surface area contributed by atoms with E-state index in [1.807, 2.05) is 37.9 Å². The number of hydrazine groups is 1. The average molecular weight is 256 g/mol. The maximum Gasteiger partial charge on any atom is 0.244 e. The Morgan fingerprint density at radius 3 is 2.84 bits per heavy atom. The third-order valence-electron chi connectivity index (χ3n) is 3.09. The molecular formula is C14H16N4O. The van der Waals surface area contributed by atoms with Gasteiger partial charge in [-0.05, 0) is 39.0 Å². The normalized spacial score (nSPS) is 14.5. The van der Waals surface area contributed by atoms with Gasteiger partial charge in [-0.1, -0.05) is 0 Å². The lowest BCUT2D eigenvalue weighted by atomic mass is 10.2. The number of hydrogen-bond donors (Lipinski definition) is 1. The molecule has 0 aliphatic carbocycles. The summed E-state index contributed by atoms with van der Waals surface area (Å²) in [6, 6.07) is 3.92. The molecular weight excluding hydrogens is 240 g/mol. The van der Waals surface area contributed by atoms with Crippen LogP contribution in [0.2, 0.25) is 0 Å². The van der Waals surface area contributed by atoms with Crippen molar-refractivity contribution in [2.75, 3.05) is 11.6 Å². The van der Waals surface area contributed by atoms with E-state index in [9.17, 15) is 0 Å². The molecule has 0 fully saturated rings. The Balaban J connectivity index is 1.82. The topological polar surface area (TPSA) is 54.2 Å². The second kappa shape index (κ2) is 4.42.